The first-order valence-electron chi connectivity index (χ1n) is 6.66. The fraction of sp³-hybridized carbons (Fsp3) is 0.125. The van der Waals surface area contributed by atoms with Crippen molar-refractivity contribution in [1.82, 2.24) is 0 Å². The van der Waals surface area contributed by atoms with Crippen molar-refractivity contribution in [2.24, 2.45) is 5.73 Å². The molecule has 2 amide bonds. The van der Waals surface area contributed by atoms with E-state index in [1.807, 2.05) is 30.5 Å². The van der Waals surface area contributed by atoms with Crippen molar-refractivity contribution in [2.75, 3.05) is 17.3 Å². The van der Waals surface area contributed by atoms with Crippen molar-refractivity contribution in [3.63, 3.8) is 0 Å². The molecule has 0 heterocycles. The second-order valence-corrected chi connectivity index (χ2v) is 6.86. The summed E-state index contributed by atoms with van der Waals surface area (Å²) in [6.07, 6.45) is 1.93. The summed E-state index contributed by atoms with van der Waals surface area (Å²) in [5.41, 5.74) is 6.20. The Balaban J connectivity index is 2.22. The maximum atomic E-state index is 12.5. The van der Waals surface area contributed by atoms with Crippen LogP contribution in [0.3, 0.4) is 0 Å². The van der Waals surface area contributed by atoms with E-state index in [1.54, 1.807) is 18.2 Å². The van der Waals surface area contributed by atoms with Gasteiger partial charge in [0.1, 0.15) is 0 Å². The highest BCUT2D eigenvalue weighted by molar-refractivity contribution is 8.00. The van der Waals surface area contributed by atoms with Crippen LogP contribution in [0.2, 0.25) is 5.02 Å². The Morgan fingerprint density at radius 1 is 1.22 bits per heavy atom. The number of para-hydroxylation sites is 1. The lowest BCUT2D eigenvalue weighted by molar-refractivity contribution is -0.115. The third-order valence-corrected chi connectivity index (χ3v) is 5.07. The summed E-state index contributed by atoms with van der Waals surface area (Å²) in [6.45, 7) is 0. The molecule has 120 valence electrons. The van der Waals surface area contributed by atoms with Crippen LogP contribution < -0.4 is 11.1 Å². The molecule has 3 N–H and O–H groups in total. The summed E-state index contributed by atoms with van der Waals surface area (Å²) < 4.78 is 0. The smallest absolute Gasteiger partial charge is 0.257 e. The summed E-state index contributed by atoms with van der Waals surface area (Å²) in [5, 5.41) is 3.23. The maximum absolute atomic E-state index is 12.5. The van der Waals surface area contributed by atoms with Gasteiger partial charge in [-0.05, 0) is 36.6 Å². The van der Waals surface area contributed by atoms with Crippen LogP contribution in [0.15, 0.2) is 52.3 Å². The normalized spacial score (nSPS) is 10.3. The van der Waals surface area contributed by atoms with Gasteiger partial charge in [0, 0.05) is 9.79 Å². The Hall–Kier alpha value is -1.63. The highest BCUT2D eigenvalue weighted by atomic mass is 35.5. The van der Waals surface area contributed by atoms with Gasteiger partial charge in [-0.2, -0.15) is 0 Å². The molecule has 0 saturated carbocycles. The number of benzene rings is 2. The van der Waals surface area contributed by atoms with Gasteiger partial charge in [-0.1, -0.05) is 23.7 Å². The minimum atomic E-state index is -0.410. The zero-order valence-electron chi connectivity index (χ0n) is 12.3. The number of hydrogen-bond acceptors (Lipinski definition) is 4. The Labute approximate surface area is 148 Å². The lowest BCUT2D eigenvalue weighted by Gasteiger charge is -2.11. The average molecular weight is 367 g/mol. The van der Waals surface area contributed by atoms with Crippen molar-refractivity contribution in [1.29, 1.82) is 0 Å². The minimum Gasteiger partial charge on any atom is -0.369 e. The molecule has 2 rings (SSSR count). The van der Waals surface area contributed by atoms with Gasteiger partial charge in [-0.3, -0.25) is 9.59 Å². The number of rotatable bonds is 6. The molecule has 0 saturated heterocycles. The third-order valence-electron chi connectivity index (χ3n) is 2.92. The van der Waals surface area contributed by atoms with Crippen LogP contribution in [0.5, 0.6) is 0 Å². The van der Waals surface area contributed by atoms with Crippen molar-refractivity contribution < 1.29 is 9.59 Å². The summed E-state index contributed by atoms with van der Waals surface area (Å²) in [5.74, 6) is -0.555. The second-order valence-electron chi connectivity index (χ2n) is 4.55. The predicted octanol–water partition coefficient (Wildman–Crippen LogP) is 3.89. The molecule has 0 aromatic heterocycles. The number of anilines is 1. The van der Waals surface area contributed by atoms with Crippen LogP contribution >= 0.6 is 35.1 Å². The molecule has 0 spiro atoms. The van der Waals surface area contributed by atoms with Gasteiger partial charge in [-0.15, -0.1) is 23.5 Å². The van der Waals surface area contributed by atoms with E-state index in [2.05, 4.69) is 5.32 Å². The third kappa shape index (κ3) is 4.92. The van der Waals surface area contributed by atoms with E-state index in [4.69, 9.17) is 17.3 Å². The van der Waals surface area contributed by atoms with Gasteiger partial charge in [0.15, 0.2) is 0 Å². The van der Waals surface area contributed by atoms with Crippen LogP contribution in [-0.2, 0) is 4.79 Å². The molecular formula is C16H15ClN2O2S2. The van der Waals surface area contributed by atoms with Crippen molar-refractivity contribution in [2.45, 2.75) is 9.79 Å². The van der Waals surface area contributed by atoms with E-state index in [9.17, 15) is 9.59 Å². The van der Waals surface area contributed by atoms with Gasteiger partial charge in [0.2, 0.25) is 5.91 Å². The molecule has 2 aromatic carbocycles. The topological polar surface area (TPSA) is 72.2 Å². The van der Waals surface area contributed by atoms with Crippen LogP contribution in [-0.4, -0.2) is 23.8 Å². The molecular weight excluding hydrogens is 352 g/mol. The minimum absolute atomic E-state index is 0.148. The van der Waals surface area contributed by atoms with Crippen molar-refractivity contribution >= 4 is 52.6 Å². The standard InChI is InChI=1S/C16H15ClN2O2S2/c1-22-10-6-7-12(17)11(8-10)16(21)19-13-4-2-3-5-14(13)23-9-15(18)20/h2-8H,9H2,1H3,(H2,18,20)(H,19,21). The fourth-order valence-electron chi connectivity index (χ4n) is 1.84. The van der Waals surface area contributed by atoms with E-state index >= 15 is 0 Å². The summed E-state index contributed by atoms with van der Waals surface area (Å²) in [6, 6.07) is 12.6. The van der Waals surface area contributed by atoms with Crippen LogP contribution in [0.4, 0.5) is 5.69 Å². The number of nitrogens with two attached hydrogens (primary N) is 1. The number of halogens is 1. The Morgan fingerprint density at radius 3 is 2.65 bits per heavy atom. The second kappa shape index (κ2) is 8.29. The molecule has 0 aliphatic rings. The predicted molar refractivity (Wildman–Crippen MR) is 97.5 cm³/mol. The summed E-state index contributed by atoms with van der Waals surface area (Å²) in [7, 11) is 0. The highest BCUT2D eigenvalue weighted by Gasteiger charge is 2.13. The van der Waals surface area contributed by atoms with Gasteiger partial charge < -0.3 is 11.1 Å². The largest absolute Gasteiger partial charge is 0.369 e. The molecule has 0 radical (unpaired) electrons. The average Bonchev–Trinajstić information content (AvgIpc) is 2.54. The monoisotopic (exact) mass is 366 g/mol. The van der Waals surface area contributed by atoms with Crippen molar-refractivity contribution in [3.8, 4) is 0 Å². The molecule has 0 aliphatic carbocycles. The first-order chi connectivity index (χ1) is 11.0. The van der Waals surface area contributed by atoms with E-state index in [-0.39, 0.29) is 11.7 Å². The van der Waals surface area contributed by atoms with E-state index < -0.39 is 5.91 Å². The van der Waals surface area contributed by atoms with E-state index in [0.29, 0.717) is 16.3 Å². The van der Waals surface area contributed by atoms with Gasteiger partial charge in [0.05, 0.1) is 22.0 Å². The number of primary amides is 1. The number of hydrogen-bond donors (Lipinski definition) is 2. The molecule has 0 unspecified atom stereocenters. The first-order valence-corrected chi connectivity index (χ1v) is 9.25. The molecule has 23 heavy (non-hydrogen) atoms. The number of nitrogens with one attached hydrogen (secondary N) is 1. The molecule has 0 aliphatic heterocycles. The van der Waals surface area contributed by atoms with Crippen LogP contribution in [0.1, 0.15) is 10.4 Å². The number of amides is 2. The molecule has 0 atom stereocenters. The highest BCUT2D eigenvalue weighted by Crippen LogP contribution is 2.28. The Kier molecular flexibility index (Phi) is 6.38. The molecule has 7 heteroatoms. The zero-order valence-corrected chi connectivity index (χ0v) is 14.7. The lowest BCUT2D eigenvalue weighted by Crippen LogP contribution is -2.15. The number of carbonyl (C=O) groups excluding carboxylic acids is 2. The summed E-state index contributed by atoms with van der Waals surface area (Å²) in [4.78, 5) is 25.2. The van der Waals surface area contributed by atoms with E-state index in [0.717, 1.165) is 9.79 Å². The Bertz CT molecular complexity index is 738. The lowest BCUT2D eigenvalue weighted by atomic mass is 10.2. The molecule has 0 fully saturated rings. The number of carbonyl (C=O) groups is 2. The summed E-state index contributed by atoms with van der Waals surface area (Å²) >= 11 is 8.93. The van der Waals surface area contributed by atoms with Gasteiger partial charge in [0.25, 0.3) is 5.91 Å². The SMILES string of the molecule is CSc1ccc(Cl)c(C(=O)Nc2ccccc2SCC(N)=O)c1. The van der Waals surface area contributed by atoms with Crippen molar-refractivity contribution in [3.05, 3.63) is 53.1 Å². The van der Waals surface area contributed by atoms with Crippen LogP contribution in [0.25, 0.3) is 0 Å². The fourth-order valence-corrected chi connectivity index (χ4v) is 3.23. The first kappa shape index (κ1) is 17.7. The zero-order chi connectivity index (χ0) is 16.8. The quantitative estimate of drug-likeness (QED) is 0.761. The Morgan fingerprint density at radius 2 is 1.96 bits per heavy atom. The number of thioether (sulfide) groups is 2. The molecule has 0 bridgehead atoms. The maximum Gasteiger partial charge on any atom is 0.257 e. The molecule has 4 nitrogen and oxygen atoms in total. The molecule has 2 aromatic rings. The van der Waals surface area contributed by atoms with E-state index in [1.165, 1.54) is 23.5 Å². The van der Waals surface area contributed by atoms with Gasteiger partial charge in [-0.25, -0.2) is 0 Å². The van der Waals surface area contributed by atoms with Crippen LogP contribution in [0, 0.1) is 0 Å². The van der Waals surface area contributed by atoms with Gasteiger partial charge >= 0.3 is 0 Å².